The van der Waals surface area contributed by atoms with Crippen LogP contribution in [0.1, 0.15) is 56.6 Å². The molecule has 0 saturated carbocycles. The van der Waals surface area contributed by atoms with E-state index in [1.165, 1.54) is 0 Å². The van der Waals surface area contributed by atoms with Gasteiger partial charge in [0.25, 0.3) is 5.91 Å². The lowest BCUT2D eigenvalue weighted by Gasteiger charge is -2.36. The Morgan fingerprint density at radius 1 is 1.32 bits per heavy atom. The number of primary amides is 1. The van der Waals surface area contributed by atoms with Crippen molar-refractivity contribution in [1.82, 2.24) is 14.7 Å². The van der Waals surface area contributed by atoms with Crippen molar-refractivity contribution in [3.8, 4) is 0 Å². The number of piperidine rings is 1. The zero-order chi connectivity index (χ0) is 16.7. The van der Waals surface area contributed by atoms with E-state index in [-0.39, 0.29) is 29.3 Å². The molecule has 6 nitrogen and oxygen atoms in total. The van der Waals surface area contributed by atoms with E-state index in [2.05, 4.69) is 5.10 Å². The van der Waals surface area contributed by atoms with Gasteiger partial charge >= 0.3 is 0 Å². The lowest BCUT2D eigenvalue weighted by Crippen LogP contribution is -2.48. The highest BCUT2D eigenvalue weighted by molar-refractivity contribution is 5.95. The Hall–Kier alpha value is -1.85. The Labute approximate surface area is 131 Å². The molecule has 1 fully saturated rings. The highest BCUT2D eigenvalue weighted by Gasteiger charge is 2.33. The van der Waals surface area contributed by atoms with Crippen LogP contribution in [0.2, 0.25) is 0 Å². The van der Waals surface area contributed by atoms with Crippen LogP contribution in [0.5, 0.6) is 0 Å². The molecule has 0 aromatic carbocycles. The van der Waals surface area contributed by atoms with Crippen molar-refractivity contribution in [2.45, 2.75) is 59.0 Å². The van der Waals surface area contributed by atoms with Gasteiger partial charge in [-0.15, -0.1) is 0 Å². The van der Waals surface area contributed by atoms with Crippen LogP contribution in [-0.4, -0.2) is 39.1 Å². The van der Waals surface area contributed by atoms with E-state index in [9.17, 15) is 9.59 Å². The number of aromatic nitrogens is 2. The molecule has 1 aliphatic rings. The molecule has 2 N–H and O–H groups in total. The van der Waals surface area contributed by atoms with Crippen LogP contribution in [0, 0.1) is 12.8 Å². The third kappa shape index (κ3) is 3.00. The van der Waals surface area contributed by atoms with Gasteiger partial charge in [0.15, 0.2) is 0 Å². The third-order valence-electron chi connectivity index (χ3n) is 4.42. The van der Waals surface area contributed by atoms with E-state index in [1.54, 1.807) is 11.1 Å². The number of carbonyl (C=O) groups is 2. The van der Waals surface area contributed by atoms with Crippen molar-refractivity contribution in [2.24, 2.45) is 11.7 Å². The van der Waals surface area contributed by atoms with Crippen LogP contribution in [0.15, 0.2) is 6.20 Å². The second kappa shape index (κ2) is 5.74. The van der Waals surface area contributed by atoms with Gasteiger partial charge in [-0.3, -0.25) is 14.3 Å². The maximum absolute atomic E-state index is 12.9. The number of hydrogen-bond donors (Lipinski definition) is 1. The topological polar surface area (TPSA) is 81.2 Å². The molecule has 0 unspecified atom stereocenters. The summed E-state index contributed by atoms with van der Waals surface area (Å²) in [7, 11) is 0. The van der Waals surface area contributed by atoms with Crippen LogP contribution in [0.4, 0.5) is 0 Å². The predicted molar refractivity (Wildman–Crippen MR) is 84.4 cm³/mol. The normalized spacial score (nSPS) is 22.7. The Morgan fingerprint density at radius 3 is 2.45 bits per heavy atom. The highest BCUT2D eigenvalue weighted by atomic mass is 16.2. The van der Waals surface area contributed by atoms with Crippen molar-refractivity contribution in [1.29, 1.82) is 0 Å². The molecule has 2 heterocycles. The lowest BCUT2D eigenvalue weighted by molar-refractivity contribution is -0.123. The fraction of sp³-hybridized carbons (Fsp3) is 0.688. The quantitative estimate of drug-likeness (QED) is 0.902. The monoisotopic (exact) mass is 306 g/mol. The summed E-state index contributed by atoms with van der Waals surface area (Å²) in [5.74, 6) is -0.642. The molecule has 0 radical (unpaired) electrons. The number of carbonyl (C=O) groups excluding carboxylic acids is 2. The van der Waals surface area contributed by atoms with Crippen LogP contribution < -0.4 is 5.73 Å². The van der Waals surface area contributed by atoms with Gasteiger partial charge in [0, 0.05) is 18.3 Å². The van der Waals surface area contributed by atoms with E-state index in [4.69, 9.17) is 5.73 Å². The molecule has 1 aromatic heterocycles. The predicted octanol–water partition coefficient (Wildman–Crippen LogP) is 1.67. The minimum atomic E-state index is -0.327. The van der Waals surface area contributed by atoms with Crippen LogP contribution in [-0.2, 0) is 10.3 Å². The van der Waals surface area contributed by atoms with Gasteiger partial charge in [-0.05, 0) is 47.5 Å². The van der Waals surface area contributed by atoms with E-state index < -0.39 is 0 Å². The van der Waals surface area contributed by atoms with Crippen LogP contribution in [0.3, 0.4) is 0 Å². The summed E-state index contributed by atoms with van der Waals surface area (Å²) < 4.78 is 1.86. The smallest absolute Gasteiger partial charge is 0.257 e. The standard InChI is InChI=1S/C16H26N4O2/c1-10-6-7-12(14(17)21)9-19(10)15(22)13-8-18-20(11(13)2)16(3,4)5/h8,10,12H,6-7,9H2,1-5H3,(H2,17,21)/t10-,12+/m1/s1. The molecule has 22 heavy (non-hydrogen) atoms. The second-order valence-electron chi connectivity index (χ2n) is 7.21. The molecular weight excluding hydrogens is 280 g/mol. The lowest BCUT2D eigenvalue weighted by atomic mass is 9.92. The first kappa shape index (κ1) is 16.5. The number of nitrogens with zero attached hydrogens (tertiary/aromatic N) is 3. The van der Waals surface area contributed by atoms with Crippen LogP contribution in [0.25, 0.3) is 0 Å². The van der Waals surface area contributed by atoms with Gasteiger partial charge < -0.3 is 10.6 Å². The summed E-state index contributed by atoms with van der Waals surface area (Å²) in [6.07, 6.45) is 3.18. The Morgan fingerprint density at radius 2 is 1.95 bits per heavy atom. The van der Waals surface area contributed by atoms with Crippen molar-refractivity contribution < 1.29 is 9.59 Å². The van der Waals surface area contributed by atoms with Gasteiger partial charge in [0.1, 0.15) is 0 Å². The summed E-state index contributed by atoms with van der Waals surface area (Å²) in [4.78, 5) is 26.1. The number of hydrogen-bond acceptors (Lipinski definition) is 3. The van der Waals surface area contributed by atoms with E-state index >= 15 is 0 Å². The zero-order valence-electron chi connectivity index (χ0n) is 14.1. The SMILES string of the molecule is Cc1c(C(=O)N2C[C@@H](C(N)=O)CC[C@H]2C)cnn1C(C)(C)C. The molecular formula is C16H26N4O2. The highest BCUT2D eigenvalue weighted by Crippen LogP contribution is 2.25. The fourth-order valence-electron chi connectivity index (χ4n) is 3.07. The summed E-state index contributed by atoms with van der Waals surface area (Å²) in [5, 5.41) is 4.36. The number of likely N-dealkylation sites (tertiary alicyclic amines) is 1. The number of amides is 2. The first-order chi connectivity index (χ1) is 10.1. The molecule has 0 aliphatic carbocycles. The average molecular weight is 306 g/mol. The minimum absolute atomic E-state index is 0.0635. The van der Waals surface area contributed by atoms with E-state index in [0.717, 1.165) is 18.5 Å². The second-order valence-corrected chi connectivity index (χ2v) is 7.21. The average Bonchev–Trinajstić information content (AvgIpc) is 2.80. The first-order valence-electron chi connectivity index (χ1n) is 7.78. The van der Waals surface area contributed by atoms with Gasteiger partial charge in [-0.2, -0.15) is 5.10 Å². The van der Waals surface area contributed by atoms with Crippen LogP contribution >= 0.6 is 0 Å². The third-order valence-corrected chi connectivity index (χ3v) is 4.42. The van der Waals surface area contributed by atoms with Gasteiger partial charge in [-0.25, -0.2) is 0 Å². The Balaban J connectivity index is 2.27. The number of rotatable bonds is 2. The summed E-state index contributed by atoms with van der Waals surface area (Å²) in [6, 6.07) is 0.112. The van der Waals surface area contributed by atoms with Gasteiger partial charge in [-0.1, -0.05) is 0 Å². The summed E-state index contributed by atoms with van der Waals surface area (Å²) in [6.45, 7) is 10.5. The molecule has 0 spiro atoms. The first-order valence-corrected chi connectivity index (χ1v) is 7.78. The molecule has 122 valence electrons. The summed E-state index contributed by atoms with van der Waals surface area (Å²) in [5.41, 5.74) is 6.69. The van der Waals surface area contributed by atoms with E-state index in [0.29, 0.717) is 12.1 Å². The fourth-order valence-corrected chi connectivity index (χ4v) is 3.07. The van der Waals surface area contributed by atoms with Crippen molar-refractivity contribution in [3.63, 3.8) is 0 Å². The largest absolute Gasteiger partial charge is 0.369 e. The summed E-state index contributed by atoms with van der Waals surface area (Å²) >= 11 is 0. The Bertz CT molecular complexity index is 585. The van der Waals surface area contributed by atoms with Gasteiger partial charge in [0.2, 0.25) is 5.91 Å². The van der Waals surface area contributed by atoms with E-state index in [1.807, 2.05) is 39.3 Å². The molecule has 2 amide bonds. The molecule has 6 heteroatoms. The maximum Gasteiger partial charge on any atom is 0.257 e. The number of nitrogens with two attached hydrogens (primary N) is 1. The van der Waals surface area contributed by atoms with Crippen molar-refractivity contribution >= 4 is 11.8 Å². The van der Waals surface area contributed by atoms with Crippen molar-refractivity contribution in [2.75, 3.05) is 6.54 Å². The maximum atomic E-state index is 12.9. The van der Waals surface area contributed by atoms with Crippen molar-refractivity contribution in [3.05, 3.63) is 17.5 Å². The molecule has 0 bridgehead atoms. The molecule has 2 atom stereocenters. The van der Waals surface area contributed by atoms with Gasteiger partial charge in [0.05, 0.1) is 23.2 Å². The molecule has 1 aliphatic heterocycles. The molecule has 1 saturated heterocycles. The molecule has 2 rings (SSSR count). The minimum Gasteiger partial charge on any atom is -0.369 e. The Kier molecular flexibility index (Phi) is 4.31. The zero-order valence-corrected chi connectivity index (χ0v) is 14.1. The molecule has 1 aromatic rings.